The number of aromatic nitrogens is 2. The van der Waals surface area contributed by atoms with Gasteiger partial charge in [0.25, 0.3) is 5.24 Å². The van der Waals surface area contributed by atoms with Gasteiger partial charge in [0, 0.05) is 24.8 Å². The Morgan fingerprint density at radius 1 is 1.40 bits per heavy atom. The molecule has 0 aliphatic carbocycles. The molecular formula is C14H16Cl2N2O2. The third-order valence-electron chi connectivity index (χ3n) is 3.65. The molecule has 1 fully saturated rings. The van der Waals surface area contributed by atoms with Gasteiger partial charge in [-0.15, -0.1) is 12.4 Å². The van der Waals surface area contributed by atoms with Crippen LogP contribution in [0.25, 0.3) is 11.0 Å². The van der Waals surface area contributed by atoms with Gasteiger partial charge >= 0.3 is 0 Å². The first-order valence-electron chi connectivity index (χ1n) is 6.43. The Bertz CT molecular complexity index is 633. The molecule has 0 unspecified atom stereocenters. The molecule has 1 aromatic carbocycles. The summed E-state index contributed by atoms with van der Waals surface area (Å²) in [5, 5.41) is -0.444. The molecule has 108 valence electrons. The molecule has 1 aliphatic heterocycles. The van der Waals surface area contributed by atoms with Crippen molar-refractivity contribution in [2.45, 2.75) is 25.8 Å². The molecule has 4 nitrogen and oxygen atoms in total. The van der Waals surface area contributed by atoms with Crippen molar-refractivity contribution in [3.8, 4) is 0 Å². The van der Waals surface area contributed by atoms with E-state index in [1.54, 1.807) is 12.1 Å². The first kappa shape index (κ1) is 15.3. The number of halogens is 2. The van der Waals surface area contributed by atoms with E-state index in [9.17, 15) is 4.79 Å². The van der Waals surface area contributed by atoms with E-state index in [1.807, 2.05) is 13.0 Å². The first-order chi connectivity index (χ1) is 9.16. The van der Waals surface area contributed by atoms with E-state index in [2.05, 4.69) is 9.55 Å². The minimum absolute atomic E-state index is 0. The zero-order chi connectivity index (χ0) is 13.4. The van der Waals surface area contributed by atoms with Crippen molar-refractivity contribution in [1.29, 1.82) is 0 Å². The van der Waals surface area contributed by atoms with E-state index in [0.717, 1.165) is 42.9 Å². The maximum absolute atomic E-state index is 11.2. The zero-order valence-electron chi connectivity index (χ0n) is 11.1. The number of carbonyl (C=O) groups is 1. The lowest BCUT2D eigenvalue weighted by atomic mass is 10.1. The Morgan fingerprint density at radius 3 is 2.75 bits per heavy atom. The Kier molecular flexibility index (Phi) is 4.68. The van der Waals surface area contributed by atoms with E-state index < -0.39 is 5.24 Å². The van der Waals surface area contributed by atoms with Crippen LogP contribution in [0.4, 0.5) is 0 Å². The number of imidazole rings is 1. The molecule has 0 radical (unpaired) electrons. The molecule has 0 bridgehead atoms. The molecule has 0 saturated carbocycles. The minimum Gasteiger partial charge on any atom is -0.381 e. The predicted molar refractivity (Wildman–Crippen MR) is 81.0 cm³/mol. The predicted octanol–water partition coefficient (Wildman–Crippen LogP) is 3.50. The normalized spacial score (nSPS) is 16.1. The molecule has 1 saturated heterocycles. The topological polar surface area (TPSA) is 44.1 Å². The van der Waals surface area contributed by atoms with Crippen LogP contribution in [0.2, 0.25) is 0 Å². The summed E-state index contributed by atoms with van der Waals surface area (Å²) in [4.78, 5) is 15.7. The average molecular weight is 315 g/mol. The summed E-state index contributed by atoms with van der Waals surface area (Å²) in [7, 11) is 0. The van der Waals surface area contributed by atoms with Crippen molar-refractivity contribution < 1.29 is 9.53 Å². The number of rotatable bonds is 2. The van der Waals surface area contributed by atoms with Gasteiger partial charge in [0.2, 0.25) is 0 Å². The molecule has 0 spiro atoms. The Hall–Kier alpha value is -1.10. The largest absolute Gasteiger partial charge is 0.381 e. The van der Waals surface area contributed by atoms with Gasteiger partial charge in [0.1, 0.15) is 5.82 Å². The zero-order valence-corrected chi connectivity index (χ0v) is 12.7. The molecule has 3 rings (SSSR count). The highest BCUT2D eigenvalue weighted by Crippen LogP contribution is 2.28. The number of nitrogens with zero attached hydrogens (tertiary/aromatic N) is 2. The molecule has 2 heterocycles. The van der Waals surface area contributed by atoms with Crippen LogP contribution < -0.4 is 0 Å². The summed E-state index contributed by atoms with van der Waals surface area (Å²) in [6, 6.07) is 5.87. The fourth-order valence-corrected chi connectivity index (χ4v) is 2.86. The van der Waals surface area contributed by atoms with Crippen LogP contribution in [-0.2, 0) is 4.74 Å². The van der Waals surface area contributed by atoms with Crippen LogP contribution in [0.3, 0.4) is 0 Å². The van der Waals surface area contributed by atoms with Crippen molar-refractivity contribution in [3.05, 3.63) is 29.6 Å². The highest BCUT2D eigenvalue weighted by molar-refractivity contribution is 6.67. The van der Waals surface area contributed by atoms with Crippen molar-refractivity contribution in [3.63, 3.8) is 0 Å². The summed E-state index contributed by atoms with van der Waals surface area (Å²) < 4.78 is 7.65. The Labute approximate surface area is 128 Å². The van der Waals surface area contributed by atoms with Crippen molar-refractivity contribution >= 4 is 40.3 Å². The van der Waals surface area contributed by atoms with Gasteiger partial charge in [-0.1, -0.05) is 0 Å². The minimum atomic E-state index is -0.444. The van der Waals surface area contributed by atoms with Crippen molar-refractivity contribution in [2.75, 3.05) is 13.2 Å². The lowest BCUT2D eigenvalue weighted by Crippen LogP contribution is -2.20. The van der Waals surface area contributed by atoms with Crippen LogP contribution >= 0.6 is 24.0 Å². The number of aryl methyl sites for hydroxylation is 1. The van der Waals surface area contributed by atoms with E-state index in [0.29, 0.717) is 11.6 Å². The highest BCUT2D eigenvalue weighted by Gasteiger charge is 2.20. The van der Waals surface area contributed by atoms with Gasteiger partial charge < -0.3 is 9.30 Å². The molecule has 6 heteroatoms. The molecule has 0 atom stereocenters. The van der Waals surface area contributed by atoms with Gasteiger partial charge in [-0.2, -0.15) is 0 Å². The lowest BCUT2D eigenvalue weighted by Gasteiger charge is -2.25. The van der Waals surface area contributed by atoms with Crippen molar-refractivity contribution in [2.24, 2.45) is 0 Å². The average Bonchev–Trinajstić information content (AvgIpc) is 2.74. The molecular weight excluding hydrogens is 299 g/mol. The van der Waals surface area contributed by atoms with Crippen LogP contribution in [-0.4, -0.2) is 28.0 Å². The van der Waals surface area contributed by atoms with Gasteiger partial charge in [-0.25, -0.2) is 4.98 Å². The number of hydrogen-bond donors (Lipinski definition) is 0. The van der Waals surface area contributed by atoms with Crippen LogP contribution in [0.1, 0.15) is 35.1 Å². The van der Waals surface area contributed by atoms with Crippen LogP contribution in [0, 0.1) is 6.92 Å². The SMILES string of the molecule is Cc1nc2cc(C(=O)Cl)ccc2n1C1CCOCC1.Cl. The van der Waals surface area contributed by atoms with E-state index in [4.69, 9.17) is 16.3 Å². The van der Waals surface area contributed by atoms with Crippen LogP contribution in [0.15, 0.2) is 18.2 Å². The Balaban J connectivity index is 0.00000147. The molecule has 1 aliphatic rings. The van der Waals surface area contributed by atoms with Gasteiger partial charge in [-0.05, 0) is 49.6 Å². The summed E-state index contributed by atoms with van der Waals surface area (Å²) in [5.41, 5.74) is 2.38. The third-order valence-corrected chi connectivity index (χ3v) is 3.87. The van der Waals surface area contributed by atoms with Gasteiger partial charge in [0.15, 0.2) is 0 Å². The molecule has 0 N–H and O–H groups in total. The van der Waals surface area contributed by atoms with Crippen molar-refractivity contribution in [1.82, 2.24) is 9.55 Å². The van der Waals surface area contributed by atoms with Gasteiger partial charge in [0.05, 0.1) is 11.0 Å². The fourth-order valence-electron chi connectivity index (χ4n) is 2.75. The highest BCUT2D eigenvalue weighted by atomic mass is 35.5. The lowest BCUT2D eigenvalue weighted by molar-refractivity contribution is 0.0701. The molecule has 2 aromatic rings. The summed E-state index contributed by atoms with van der Waals surface area (Å²) in [6.07, 6.45) is 2.00. The third kappa shape index (κ3) is 2.68. The summed E-state index contributed by atoms with van der Waals surface area (Å²) >= 11 is 5.51. The van der Waals surface area contributed by atoms with E-state index in [-0.39, 0.29) is 12.4 Å². The Morgan fingerprint density at radius 2 is 2.10 bits per heavy atom. The monoisotopic (exact) mass is 314 g/mol. The van der Waals surface area contributed by atoms with Gasteiger partial charge in [-0.3, -0.25) is 4.79 Å². The maximum atomic E-state index is 11.2. The summed E-state index contributed by atoms with van der Waals surface area (Å²) in [5.74, 6) is 0.973. The van der Waals surface area contributed by atoms with E-state index >= 15 is 0 Å². The number of hydrogen-bond acceptors (Lipinski definition) is 3. The fraction of sp³-hybridized carbons (Fsp3) is 0.429. The van der Waals surface area contributed by atoms with E-state index in [1.165, 1.54) is 0 Å². The molecule has 0 amide bonds. The first-order valence-corrected chi connectivity index (χ1v) is 6.81. The second kappa shape index (κ2) is 6.12. The number of benzene rings is 1. The standard InChI is InChI=1S/C14H15ClN2O2.ClH/c1-9-16-12-8-10(14(15)18)2-3-13(12)17(9)11-4-6-19-7-5-11;/h2-3,8,11H,4-7H2,1H3;1H. The number of fused-ring (bicyclic) bond motifs is 1. The maximum Gasteiger partial charge on any atom is 0.252 e. The van der Waals surface area contributed by atoms with Crippen LogP contribution in [0.5, 0.6) is 0 Å². The summed E-state index contributed by atoms with van der Waals surface area (Å²) in [6.45, 7) is 3.59. The second-order valence-electron chi connectivity index (χ2n) is 4.85. The number of ether oxygens (including phenoxy) is 1. The second-order valence-corrected chi connectivity index (χ2v) is 5.19. The molecule has 20 heavy (non-hydrogen) atoms. The molecule has 1 aromatic heterocycles. The smallest absolute Gasteiger partial charge is 0.252 e. The number of carbonyl (C=O) groups excluding carboxylic acids is 1. The quantitative estimate of drug-likeness (QED) is 0.797.